The highest BCUT2D eigenvalue weighted by molar-refractivity contribution is 5.36. The van der Waals surface area contributed by atoms with Crippen molar-refractivity contribution in [1.82, 2.24) is 0 Å². The van der Waals surface area contributed by atoms with Crippen molar-refractivity contribution >= 4 is 0 Å². The van der Waals surface area contributed by atoms with E-state index in [1.165, 1.54) is 24.3 Å². The third kappa shape index (κ3) is 3.33. The number of hydrogen-bond acceptors (Lipinski definition) is 2. The molecular formula is C16H17F2NO. The molecule has 4 heteroatoms. The van der Waals surface area contributed by atoms with Crippen LogP contribution in [-0.2, 0) is 6.61 Å². The summed E-state index contributed by atoms with van der Waals surface area (Å²) >= 11 is 0. The Labute approximate surface area is 117 Å². The van der Waals surface area contributed by atoms with Crippen molar-refractivity contribution in [2.75, 3.05) is 0 Å². The maximum absolute atomic E-state index is 13.2. The Hall–Kier alpha value is -1.94. The van der Waals surface area contributed by atoms with E-state index in [1.54, 1.807) is 19.1 Å². The van der Waals surface area contributed by atoms with Crippen molar-refractivity contribution in [2.24, 2.45) is 5.73 Å². The highest BCUT2D eigenvalue weighted by Gasteiger charge is 2.10. The minimum Gasteiger partial charge on any atom is -0.489 e. The predicted octanol–water partition coefficient (Wildman–Crippen LogP) is 3.87. The van der Waals surface area contributed by atoms with E-state index >= 15 is 0 Å². The Morgan fingerprint density at radius 2 is 1.75 bits per heavy atom. The van der Waals surface area contributed by atoms with Crippen molar-refractivity contribution in [3.63, 3.8) is 0 Å². The van der Waals surface area contributed by atoms with Crippen LogP contribution < -0.4 is 10.5 Å². The molecule has 2 nitrogen and oxygen atoms in total. The molecule has 0 amide bonds. The first-order chi connectivity index (χ1) is 9.47. The fourth-order valence-corrected chi connectivity index (χ4v) is 1.96. The molecule has 2 N–H and O–H groups in total. The van der Waals surface area contributed by atoms with Crippen LogP contribution in [0.4, 0.5) is 8.78 Å². The molecule has 0 bridgehead atoms. The summed E-state index contributed by atoms with van der Waals surface area (Å²) in [7, 11) is 0. The lowest BCUT2D eigenvalue weighted by molar-refractivity contribution is 0.299. The minimum atomic E-state index is -0.355. The maximum Gasteiger partial charge on any atom is 0.124 e. The third-order valence-electron chi connectivity index (χ3n) is 3.16. The van der Waals surface area contributed by atoms with Gasteiger partial charge in [0, 0.05) is 11.6 Å². The Morgan fingerprint density at radius 1 is 1.10 bits per heavy atom. The second kappa shape index (κ2) is 6.01. The first kappa shape index (κ1) is 14.5. The first-order valence-corrected chi connectivity index (χ1v) is 6.40. The average Bonchev–Trinajstić information content (AvgIpc) is 2.40. The van der Waals surface area contributed by atoms with Gasteiger partial charge in [0.2, 0.25) is 0 Å². The zero-order valence-electron chi connectivity index (χ0n) is 11.5. The van der Waals surface area contributed by atoms with Crippen LogP contribution in [0.2, 0.25) is 0 Å². The van der Waals surface area contributed by atoms with E-state index in [9.17, 15) is 8.78 Å². The van der Waals surface area contributed by atoms with Gasteiger partial charge in [-0.25, -0.2) is 8.78 Å². The van der Waals surface area contributed by atoms with Crippen LogP contribution in [0, 0.1) is 18.6 Å². The van der Waals surface area contributed by atoms with Crippen molar-refractivity contribution in [2.45, 2.75) is 26.5 Å². The van der Waals surface area contributed by atoms with Gasteiger partial charge >= 0.3 is 0 Å². The normalized spacial score (nSPS) is 12.2. The fraction of sp³-hybridized carbons (Fsp3) is 0.250. The van der Waals surface area contributed by atoms with Gasteiger partial charge in [-0.3, -0.25) is 0 Å². The van der Waals surface area contributed by atoms with Crippen molar-refractivity contribution < 1.29 is 13.5 Å². The van der Waals surface area contributed by atoms with Gasteiger partial charge < -0.3 is 10.5 Å². The first-order valence-electron chi connectivity index (χ1n) is 6.40. The SMILES string of the molecule is Cc1ccc(F)cc1COc1ccc(F)cc1C(C)N. The molecule has 2 aromatic carbocycles. The number of halogens is 2. The van der Waals surface area contributed by atoms with Crippen molar-refractivity contribution in [3.05, 3.63) is 64.7 Å². The topological polar surface area (TPSA) is 35.2 Å². The lowest BCUT2D eigenvalue weighted by Gasteiger charge is -2.15. The Kier molecular flexibility index (Phi) is 4.35. The van der Waals surface area contributed by atoms with Gasteiger partial charge in [-0.15, -0.1) is 0 Å². The quantitative estimate of drug-likeness (QED) is 0.920. The predicted molar refractivity (Wildman–Crippen MR) is 74.5 cm³/mol. The molecule has 0 saturated carbocycles. The zero-order chi connectivity index (χ0) is 14.7. The third-order valence-corrected chi connectivity index (χ3v) is 3.16. The molecule has 0 aliphatic rings. The number of rotatable bonds is 4. The molecular weight excluding hydrogens is 260 g/mol. The van der Waals surface area contributed by atoms with Crippen LogP contribution in [0.1, 0.15) is 29.7 Å². The summed E-state index contributed by atoms with van der Waals surface area (Å²) in [6.07, 6.45) is 0. The van der Waals surface area contributed by atoms with Crippen molar-refractivity contribution in [1.29, 1.82) is 0 Å². The lowest BCUT2D eigenvalue weighted by Crippen LogP contribution is -2.09. The number of hydrogen-bond donors (Lipinski definition) is 1. The van der Waals surface area contributed by atoms with Crippen LogP contribution in [0.3, 0.4) is 0 Å². The monoisotopic (exact) mass is 277 g/mol. The van der Waals surface area contributed by atoms with E-state index in [0.29, 0.717) is 11.3 Å². The molecule has 0 aliphatic carbocycles. The standard InChI is InChI=1S/C16H17F2NO/c1-10-3-4-13(17)7-12(10)9-20-16-6-5-14(18)8-15(16)11(2)19/h3-8,11H,9,19H2,1-2H3. The van der Waals surface area contributed by atoms with E-state index in [-0.39, 0.29) is 24.3 Å². The minimum absolute atomic E-state index is 0.217. The van der Waals surface area contributed by atoms with E-state index in [2.05, 4.69) is 0 Å². The summed E-state index contributed by atoms with van der Waals surface area (Å²) in [5.41, 5.74) is 8.09. The Morgan fingerprint density at radius 3 is 2.45 bits per heavy atom. The lowest BCUT2D eigenvalue weighted by atomic mass is 10.1. The molecule has 0 spiro atoms. The molecule has 2 aromatic rings. The summed E-state index contributed by atoms with van der Waals surface area (Å²) < 4.78 is 32.1. The van der Waals surface area contributed by atoms with E-state index in [4.69, 9.17) is 10.5 Å². The number of ether oxygens (including phenoxy) is 1. The van der Waals surface area contributed by atoms with E-state index in [0.717, 1.165) is 11.1 Å². The molecule has 106 valence electrons. The number of benzene rings is 2. The van der Waals surface area contributed by atoms with Crippen molar-refractivity contribution in [3.8, 4) is 5.75 Å². The largest absolute Gasteiger partial charge is 0.489 e. The van der Waals surface area contributed by atoms with Gasteiger partial charge in [0.1, 0.15) is 24.0 Å². The molecule has 0 heterocycles. The highest BCUT2D eigenvalue weighted by atomic mass is 19.1. The van der Waals surface area contributed by atoms with Crippen LogP contribution in [0.25, 0.3) is 0 Å². The summed E-state index contributed by atoms with van der Waals surface area (Å²) in [5.74, 6) is -0.141. The summed E-state index contributed by atoms with van der Waals surface area (Å²) in [6, 6.07) is 8.43. The van der Waals surface area contributed by atoms with Crippen LogP contribution in [0.5, 0.6) is 5.75 Å². The molecule has 0 radical (unpaired) electrons. The zero-order valence-corrected chi connectivity index (χ0v) is 11.5. The van der Waals surface area contributed by atoms with Gasteiger partial charge in [0.25, 0.3) is 0 Å². The molecule has 20 heavy (non-hydrogen) atoms. The Bertz CT molecular complexity index is 611. The highest BCUT2D eigenvalue weighted by Crippen LogP contribution is 2.26. The van der Waals surface area contributed by atoms with Gasteiger partial charge in [-0.1, -0.05) is 6.07 Å². The molecule has 1 unspecified atom stereocenters. The summed E-state index contributed by atoms with van der Waals surface area (Å²) in [5, 5.41) is 0. The Balaban J connectivity index is 2.20. The fourth-order valence-electron chi connectivity index (χ4n) is 1.96. The molecule has 1 atom stereocenters. The van der Waals surface area contributed by atoms with Gasteiger partial charge in [-0.05, 0) is 55.3 Å². The maximum atomic E-state index is 13.2. The van der Waals surface area contributed by atoms with Gasteiger partial charge in [-0.2, -0.15) is 0 Å². The van der Waals surface area contributed by atoms with Crippen LogP contribution in [0.15, 0.2) is 36.4 Å². The number of nitrogens with two attached hydrogens (primary N) is 1. The summed E-state index contributed by atoms with van der Waals surface area (Å²) in [4.78, 5) is 0. The van der Waals surface area contributed by atoms with Gasteiger partial charge in [0.05, 0.1) is 0 Å². The van der Waals surface area contributed by atoms with E-state index in [1.807, 2.05) is 6.92 Å². The van der Waals surface area contributed by atoms with Crippen LogP contribution >= 0.6 is 0 Å². The van der Waals surface area contributed by atoms with Gasteiger partial charge in [0.15, 0.2) is 0 Å². The second-order valence-corrected chi connectivity index (χ2v) is 4.83. The number of aryl methyl sites for hydroxylation is 1. The average molecular weight is 277 g/mol. The second-order valence-electron chi connectivity index (χ2n) is 4.83. The summed E-state index contributed by atoms with van der Waals surface area (Å²) in [6.45, 7) is 3.86. The molecule has 0 saturated heterocycles. The molecule has 0 aliphatic heterocycles. The smallest absolute Gasteiger partial charge is 0.124 e. The molecule has 0 fully saturated rings. The van der Waals surface area contributed by atoms with E-state index < -0.39 is 0 Å². The molecule has 0 aromatic heterocycles. The molecule has 2 rings (SSSR count). The van der Waals surface area contributed by atoms with Crippen LogP contribution in [-0.4, -0.2) is 0 Å².